The Morgan fingerprint density at radius 2 is 0.620 bits per heavy atom. The third-order valence-electron chi connectivity index (χ3n) is 15.8. The van der Waals surface area contributed by atoms with Gasteiger partial charge in [0.2, 0.25) is 0 Å². The molecule has 0 aliphatic carbocycles. The van der Waals surface area contributed by atoms with Gasteiger partial charge in [0.25, 0.3) is 7.82 Å². The molecule has 526 valence electrons. The number of likely N-dealkylation sites (N-methyl/N-ethyl adjacent to an activating group) is 1. The molecule has 0 radical (unpaired) electrons. The van der Waals surface area contributed by atoms with E-state index < -0.39 is 26.5 Å². The molecule has 0 aromatic rings. The number of rotatable bonds is 68. The minimum Gasteiger partial charge on any atom is -0.756 e. The van der Waals surface area contributed by atoms with Crippen LogP contribution in [0, 0.1) is 0 Å². The average molecular weight is 1300 g/mol. The standard InChI is InChI=1S/C82H140NO8P/c1-6-8-10-12-14-16-18-20-22-24-26-28-30-32-34-36-37-38-39-40-41-42-43-44-45-47-49-51-53-55-57-59-61-63-65-67-69-71-73-75-82(85)91-80(79-90-92(86,87)89-77-76-83(3,4)5)78-88-81(84)74-72-70-68-66-64-62-60-58-56-54-52-50-48-46-35-33-31-29-27-25-23-21-19-17-15-13-11-9-7-2/h8,10,14,16,19-22,25-28,31-34,37-38,40-41,43-44,47,49,80H,6-7,9,11-13,15,17-18,23-24,29-30,35-36,39,42,45-46,48,50-79H2,1-5H3/b10-8-,16-14-,21-19-,22-20-,27-25-,28-26-,33-31-,34-32-,38-37-,41-40-,44-43-,49-47-. The fourth-order valence-electron chi connectivity index (χ4n) is 10.1. The normalized spacial score (nSPS) is 13.9. The fourth-order valence-corrected chi connectivity index (χ4v) is 10.9. The van der Waals surface area contributed by atoms with E-state index in [1.807, 2.05) is 21.1 Å². The second-order valence-corrected chi connectivity index (χ2v) is 27.3. The zero-order valence-electron chi connectivity index (χ0n) is 59.9. The summed E-state index contributed by atoms with van der Waals surface area (Å²) in [6.45, 7) is 4.12. The highest BCUT2D eigenvalue weighted by atomic mass is 31.2. The van der Waals surface area contributed by atoms with Crippen LogP contribution in [0.2, 0.25) is 0 Å². The van der Waals surface area contributed by atoms with Crippen molar-refractivity contribution in [2.24, 2.45) is 0 Å². The number of phosphoric acid groups is 1. The van der Waals surface area contributed by atoms with Crippen LogP contribution >= 0.6 is 7.82 Å². The summed E-state index contributed by atoms with van der Waals surface area (Å²) in [5, 5.41) is 0. The molecule has 10 heteroatoms. The van der Waals surface area contributed by atoms with Gasteiger partial charge in [0.15, 0.2) is 6.10 Å². The maximum atomic E-state index is 12.9. The number of hydrogen-bond acceptors (Lipinski definition) is 8. The molecule has 0 fully saturated rings. The zero-order chi connectivity index (χ0) is 66.9. The Labute approximate surface area is 567 Å². The van der Waals surface area contributed by atoms with E-state index in [2.05, 4.69) is 160 Å². The molecule has 0 saturated carbocycles. The Bertz CT molecular complexity index is 2070. The van der Waals surface area contributed by atoms with E-state index >= 15 is 0 Å². The van der Waals surface area contributed by atoms with Crippen LogP contribution in [0.1, 0.15) is 309 Å². The highest BCUT2D eigenvalue weighted by molar-refractivity contribution is 7.45. The topological polar surface area (TPSA) is 111 Å². The van der Waals surface area contributed by atoms with Gasteiger partial charge >= 0.3 is 11.9 Å². The van der Waals surface area contributed by atoms with Crippen LogP contribution in [-0.2, 0) is 32.7 Å². The second kappa shape index (κ2) is 71.2. The Balaban J connectivity index is 4.07. The number of esters is 2. The van der Waals surface area contributed by atoms with Crippen LogP contribution in [-0.4, -0.2) is 70.0 Å². The molecule has 92 heavy (non-hydrogen) atoms. The minimum absolute atomic E-state index is 0.0370. The smallest absolute Gasteiger partial charge is 0.306 e. The van der Waals surface area contributed by atoms with Gasteiger partial charge in [-0.25, -0.2) is 0 Å². The molecule has 0 aliphatic heterocycles. The van der Waals surface area contributed by atoms with Crippen LogP contribution in [0.25, 0.3) is 0 Å². The van der Waals surface area contributed by atoms with Crippen molar-refractivity contribution in [3.8, 4) is 0 Å². The van der Waals surface area contributed by atoms with E-state index in [1.54, 1.807) is 0 Å². The van der Waals surface area contributed by atoms with Crippen molar-refractivity contribution >= 4 is 19.8 Å². The molecule has 0 aromatic carbocycles. The molecule has 2 unspecified atom stereocenters. The number of phosphoric ester groups is 1. The fraction of sp³-hybridized carbons (Fsp3) is 0.683. The summed E-state index contributed by atoms with van der Waals surface area (Å²) in [5.74, 6) is -0.837. The number of unbranched alkanes of at least 4 members (excludes halogenated alkanes) is 30. The maximum absolute atomic E-state index is 12.9. The van der Waals surface area contributed by atoms with Gasteiger partial charge in [-0.3, -0.25) is 14.2 Å². The Kier molecular flexibility index (Phi) is 68.0. The van der Waals surface area contributed by atoms with E-state index in [9.17, 15) is 19.0 Å². The summed E-state index contributed by atoms with van der Waals surface area (Å²) in [5.41, 5.74) is 0. The minimum atomic E-state index is -4.65. The van der Waals surface area contributed by atoms with Crippen molar-refractivity contribution in [2.75, 3.05) is 47.5 Å². The van der Waals surface area contributed by atoms with Crippen molar-refractivity contribution < 1.29 is 42.1 Å². The summed E-state index contributed by atoms with van der Waals surface area (Å²) in [6, 6.07) is 0. The summed E-state index contributed by atoms with van der Waals surface area (Å²) in [4.78, 5) is 38.1. The molecule has 0 rings (SSSR count). The molecule has 0 bridgehead atoms. The number of carbonyl (C=O) groups excluding carboxylic acids is 2. The highest BCUT2D eigenvalue weighted by Gasteiger charge is 2.22. The third kappa shape index (κ3) is 74.9. The van der Waals surface area contributed by atoms with Gasteiger partial charge in [-0.1, -0.05) is 320 Å². The predicted octanol–water partition coefficient (Wildman–Crippen LogP) is 24.3. The van der Waals surface area contributed by atoms with E-state index in [0.29, 0.717) is 17.4 Å². The largest absolute Gasteiger partial charge is 0.756 e. The first-order chi connectivity index (χ1) is 45.0. The molecular formula is C82H140NO8P. The van der Waals surface area contributed by atoms with Gasteiger partial charge in [0.1, 0.15) is 19.8 Å². The number of allylic oxidation sites excluding steroid dienone is 24. The van der Waals surface area contributed by atoms with Gasteiger partial charge in [-0.05, 0) is 122 Å². The van der Waals surface area contributed by atoms with Crippen molar-refractivity contribution in [1.29, 1.82) is 0 Å². The third-order valence-corrected chi connectivity index (χ3v) is 16.8. The maximum Gasteiger partial charge on any atom is 0.306 e. The first-order valence-electron chi connectivity index (χ1n) is 37.5. The first kappa shape index (κ1) is 87.9. The molecule has 0 spiro atoms. The number of nitrogens with zero attached hydrogens (tertiary/aromatic N) is 1. The SMILES string of the molecule is CC/C=C\C/C=C\C/C=C\C/C=C\C/C=C\C/C=C\C/C=C\C/C=C\C/C=C\CCCCCCCCCCCCCC(=O)OC(COC(=O)CCCCCCCCCCCCCCCC/C=C\C/C=C\C/C=C\CCCCCCC)COP(=O)([O-])OCC[N+](C)(C)C. The molecule has 9 nitrogen and oxygen atoms in total. The van der Waals surface area contributed by atoms with Crippen LogP contribution < -0.4 is 4.89 Å². The van der Waals surface area contributed by atoms with Crippen molar-refractivity contribution in [2.45, 2.75) is 315 Å². The van der Waals surface area contributed by atoms with Gasteiger partial charge < -0.3 is 27.9 Å². The molecule has 0 amide bonds. The summed E-state index contributed by atoms with van der Waals surface area (Å²) < 4.78 is 34.4. The monoisotopic (exact) mass is 1300 g/mol. The molecule has 0 aromatic heterocycles. The number of ether oxygens (including phenoxy) is 2. The Morgan fingerprint density at radius 1 is 0.348 bits per heavy atom. The van der Waals surface area contributed by atoms with E-state index in [-0.39, 0.29) is 32.0 Å². The van der Waals surface area contributed by atoms with E-state index in [4.69, 9.17) is 18.5 Å². The Hall–Kier alpha value is -4.11. The molecule has 0 aliphatic rings. The lowest BCUT2D eigenvalue weighted by atomic mass is 10.0. The van der Waals surface area contributed by atoms with Gasteiger partial charge in [0.05, 0.1) is 27.7 Å². The summed E-state index contributed by atoms with van der Waals surface area (Å²) >= 11 is 0. The Morgan fingerprint density at radius 3 is 0.924 bits per heavy atom. The van der Waals surface area contributed by atoms with Crippen LogP contribution in [0.5, 0.6) is 0 Å². The van der Waals surface area contributed by atoms with Crippen molar-refractivity contribution in [3.05, 3.63) is 146 Å². The van der Waals surface area contributed by atoms with Crippen molar-refractivity contribution in [3.63, 3.8) is 0 Å². The average Bonchev–Trinajstić information content (AvgIpc) is 2.14. The van der Waals surface area contributed by atoms with E-state index in [1.165, 1.54) is 161 Å². The van der Waals surface area contributed by atoms with Crippen LogP contribution in [0.15, 0.2) is 146 Å². The zero-order valence-corrected chi connectivity index (χ0v) is 60.8. The molecule has 0 heterocycles. The van der Waals surface area contributed by atoms with E-state index in [0.717, 1.165) is 116 Å². The first-order valence-corrected chi connectivity index (χ1v) is 39.0. The number of quaternary nitrogens is 1. The van der Waals surface area contributed by atoms with Gasteiger partial charge in [-0.15, -0.1) is 0 Å². The lowest BCUT2D eigenvalue weighted by molar-refractivity contribution is -0.870. The second-order valence-electron chi connectivity index (χ2n) is 25.9. The van der Waals surface area contributed by atoms with Gasteiger partial charge in [0, 0.05) is 12.8 Å². The molecular weight excluding hydrogens is 1160 g/mol. The van der Waals surface area contributed by atoms with Crippen LogP contribution in [0.4, 0.5) is 0 Å². The number of carbonyl (C=O) groups is 2. The molecule has 0 saturated heterocycles. The highest BCUT2D eigenvalue weighted by Crippen LogP contribution is 2.38. The molecule has 0 N–H and O–H groups in total. The van der Waals surface area contributed by atoms with Gasteiger partial charge in [-0.2, -0.15) is 0 Å². The summed E-state index contributed by atoms with van der Waals surface area (Å²) in [7, 11) is 1.16. The lowest BCUT2D eigenvalue weighted by Gasteiger charge is -2.28. The van der Waals surface area contributed by atoms with Crippen LogP contribution in [0.3, 0.4) is 0 Å². The summed E-state index contributed by atoms with van der Waals surface area (Å²) in [6.07, 6.45) is 105. The predicted molar refractivity (Wildman–Crippen MR) is 397 cm³/mol. The van der Waals surface area contributed by atoms with Crippen molar-refractivity contribution in [1.82, 2.24) is 0 Å². The lowest BCUT2D eigenvalue weighted by Crippen LogP contribution is -2.37. The molecule has 2 atom stereocenters. The quantitative estimate of drug-likeness (QED) is 0.0195. The number of hydrogen-bond donors (Lipinski definition) is 0.